The Bertz CT molecular complexity index is 1990. The summed E-state index contributed by atoms with van der Waals surface area (Å²) in [7, 11) is -2.43. The van der Waals surface area contributed by atoms with Crippen LogP contribution in [-0.2, 0) is 51.2 Å². The van der Waals surface area contributed by atoms with Crippen molar-refractivity contribution in [2.24, 2.45) is 0 Å². The van der Waals surface area contributed by atoms with E-state index in [1.165, 1.54) is 12.1 Å². The summed E-state index contributed by atoms with van der Waals surface area (Å²) >= 11 is -2.13. The van der Waals surface area contributed by atoms with Crippen LogP contribution < -0.4 is 4.90 Å². The average molecular weight is 725 g/mol. The second-order valence-corrected chi connectivity index (χ2v) is 16.0. The van der Waals surface area contributed by atoms with Crippen molar-refractivity contribution in [1.82, 2.24) is 5.06 Å². The number of hydrogen-bond acceptors (Lipinski definition) is 8. The monoisotopic (exact) mass is 724 g/mol. The molecule has 3 heterocycles. The fraction of sp³-hybridized carbons (Fsp3) is 0.389. The van der Waals surface area contributed by atoms with Crippen molar-refractivity contribution in [3.8, 4) is 0 Å². The third-order valence-corrected chi connectivity index (χ3v) is 11.1. The highest BCUT2D eigenvalue weighted by molar-refractivity contribution is 7.85. The highest BCUT2D eigenvalue weighted by Crippen LogP contribution is 2.48. The van der Waals surface area contributed by atoms with Crippen LogP contribution in [0.4, 0.5) is 11.4 Å². The molecule has 2 amide bonds. The number of carbonyl (C=O) groups is 3. The van der Waals surface area contributed by atoms with Crippen molar-refractivity contribution in [1.29, 1.82) is 0 Å². The number of nitrogens with zero attached hydrogens (tertiary/aromatic N) is 3. The molecule has 266 valence electrons. The van der Waals surface area contributed by atoms with E-state index in [0.29, 0.717) is 29.3 Å². The van der Waals surface area contributed by atoms with Crippen LogP contribution in [0.1, 0.15) is 77.3 Å². The first-order valence-corrected chi connectivity index (χ1v) is 18.9. The van der Waals surface area contributed by atoms with E-state index in [-0.39, 0.29) is 24.2 Å². The Hall–Kier alpha value is -4.24. The van der Waals surface area contributed by atoms with Crippen LogP contribution in [0.25, 0.3) is 0 Å². The van der Waals surface area contributed by atoms with Gasteiger partial charge in [-0.05, 0) is 68.7 Å². The zero-order valence-corrected chi connectivity index (χ0v) is 30.3. The number of allylic oxidation sites excluding steroid dienone is 6. The molecule has 1 fully saturated rings. The molecule has 3 aliphatic heterocycles. The van der Waals surface area contributed by atoms with E-state index < -0.39 is 49.8 Å². The minimum atomic E-state index is -4.34. The lowest BCUT2D eigenvalue weighted by Crippen LogP contribution is -2.32. The molecule has 50 heavy (non-hydrogen) atoms. The largest absolute Gasteiger partial charge is 0.344 e. The van der Waals surface area contributed by atoms with Gasteiger partial charge in [-0.25, -0.2) is 9.00 Å². The molecule has 0 bridgehead atoms. The highest BCUT2D eigenvalue weighted by Gasteiger charge is 2.44. The third kappa shape index (κ3) is 7.29. The second-order valence-electron chi connectivity index (χ2n) is 13.6. The SMILES string of the molecule is C[N+]1=C(C=CC=CC=C2N(CCCCCC(=O)ON3C(=O)CCC3=O)c3ccc(S(=O)O)cc3C2(C)C)C(C)(C)c2cc(S(=O)(=O)O)ccc21. The summed E-state index contributed by atoms with van der Waals surface area (Å²) in [6.07, 6.45) is 11.8. The Morgan fingerprint density at radius 3 is 2.32 bits per heavy atom. The Morgan fingerprint density at radius 1 is 0.960 bits per heavy atom. The van der Waals surface area contributed by atoms with Gasteiger partial charge < -0.3 is 14.3 Å². The summed E-state index contributed by atoms with van der Waals surface area (Å²) in [6.45, 7) is 8.73. The molecule has 1 saturated heterocycles. The number of hydrogen-bond donors (Lipinski definition) is 2. The van der Waals surface area contributed by atoms with Crippen molar-refractivity contribution in [3.05, 3.63) is 83.6 Å². The van der Waals surface area contributed by atoms with Crippen LogP contribution in [0.2, 0.25) is 0 Å². The van der Waals surface area contributed by atoms with E-state index >= 15 is 0 Å². The molecule has 0 aliphatic carbocycles. The van der Waals surface area contributed by atoms with Gasteiger partial charge in [-0.1, -0.05) is 38.5 Å². The number of benzene rings is 2. The predicted octanol–water partition coefficient (Wildman–Crippen LogP) is 5.48. The number of hydroxylamine groups is 2. The first-order valence-electron chi connectivity index (χ1n) is 16.3. The van der Waals surface area contributed by atoms with E-state index in [4.69, 9.17) is 4.84 Å². The Kier molecular flexibility index (Phi) is 10.5. The fourth-order valence-electron chi connectivity index (χ4n) is 6.86. The molecule has 12 nitrogen and oxygen atoms in total. The van der Waals surface area contributed by atoms with Gasteiger partial charge in [-0.3, -0.25) is 14.1 Å². The van der Waals surface area contributed by atoms with Gasteiger partial charge in [0, 0.05) is 60.3 Å². The zero-order valence-electron chi connectivity index (χ0n) is 28.7. The Morgan fingerprint density at radius 2 is 1.66 bits per heavy atom. The van der Waals surface area contributed by atoms with Gasteiger partial charge in [-0.2, -0.15) is 13.0 Å². The van der Waals surface area contributed by atoms with E-state index in [0.717, 1.165) is 40.3 Å². The number of amides is 2. The molecular weight excluding hydrogens is 683 g/mol. The van der Waals surface area contributed by atoms with E-state index in [1.807, 2.05) is 61.9 Å². The second kappa shape index (κ2) is 14.2. The highest BCUT2D eigenvalue weighted by atomic mass is 32.2. The van der Waals surface area contributed by atoms with Gasteiger partial charge in [0.05, 0.1) is 15.2 Å². The van der Waals surface area contributed by atoms with Crippen LogP contribution in [-0.4, -0.2) is 68.5 Å². The smallest absolute Gasteiger partial charge is 0.333 e. The summed E-state index contributed by atoms with van der Waals surface area (Å²) in [6, 6.07) is 9.86. The Labute approximate surface area is 294 Å². The minimum Gasteiger partial charge on any atom is -0.344 e. The van der Waals surface area contributed by atoms with Gasteiger partial charge in [0.2, 0.25) is 5.69 Å². The summed E-state index contributed by atoms with van der Waals surface area (Å²) in [4.78, 5) is 43.0. The molecule has 0 radical (unpaired) electrons. The minimum absolute atomic E-state index is 0.0449. The van der Waals surface area contributed by atoms with Crippen LogP contribution in [0.15, 0.2) is 82.3 Å². The Balaban J connectivity index is 1.30. The van der Waals surface area contributed by atoms with Gasteiger partial charge >= 0.3 is 5.97 Å². The topological polar surface area (TPSA) is 162 Å². The van der Waals surface area contributed by atoms with Gasteiger partial charge in [0.25, 0.3) is 21.9 Å². The first-order chi connectivity index (χ1) is 23.4. The first kappa shape index (κ1) is 37.0. The van der Waals surface area contributed by atoms with Crippen molar-refractivity contribution in [2.45, 2.75) is 86.8 Å². The lowest BCUT2D eigenvalue weighted by atomic mass is 9.81. The van der Waals surface area contributed by atoms with Crippen molar-refractivity contribution >= 4 is 56.1 Å². The number of imide groups is 1. The maximum absolute atomic E-state index is 12.2. The number of unbranched alkanes of at least 4 members (excludes halogenated alkanes) is 2. The van der Waals surface area contributed by atoms with E-state index in [1.54, 1.807) is 18.2 Å². The van der Waals surface area contributed by atoms with Crippen molar-refractivity contribution < 1.29 is 45.5 Å². The van der Waals surface area contributed by atoms with Gasteiger partial charge in [-0.15, -0.1) is 5.06 Å². The molecule has 0 saturated carbocycles. The molecule has 0 aromatic heterocycles. The molecule has 0 spiro atoms. The fourth-order valence-corrected chi connectivity index (χ4v) is 7.77. The van der Waals surface area contributed by atoms with Crippen molar-refractivity contribution in [2.75, 3.05) is 18.5 Å². The molecule has 2 aromatic rings. The molecule has 2 N–H and O–H groups in total. The van der Waals surface area contributed by atoms with Crippen LogP contribution in [0.5, 0.6) is 0 Å². The average Bonchev–Trinajstić information content (AvgIpc) is 3.55. The number of fused-ring (bicyclic) bond motifs is 2. The number of anilines is 1. The molecule has 1 atom stereocenters. The summed E-state index contributed by atoms with van der Waals surface area (Å²) in [5.74, 6) is -1.64. The number of rotatable bonds is 12. The molecule has 1 unspecified atom stereocenters. The predicted molar refractivity (Wildman–Crippen MR) is 188 cm³/mol. The van der Waals surface area contributed by atoms with Crippen LogP contribution >= 0.6 is 0 Å². The quantitative estimate of drug-likeness (QED) is 0.0716. The summed E-state index contributed by atoms with van der Waals surface area (Å²) in [5.41, 5.74) is 4.40. The van der Waals surface area contributed by atoms with E-state index in [2.05, 4.69) is 18.7 Å². The summed E-state index contributed by atoms with van der Waals surface area (Å²) < 4.78 is 56.8. The molecule has 5 rings (SSSR count). The zero-order chi connectivity index (χ0) is 36.6. The normalized spacial score (nSPS) is 19.7. The standard InChI is InChI=1S/C36H41N3O9S2/c1-35(2)27-23-25(50(45,46)47)16-18-28(27)37(5)30(35)12-8-6-9-13-31-36(3,4)26-22-24(49(43)44)15-17-29(26)38(31)21-11-7-10-14-34(42)48-39-32(40)19-20-33(39)41/h6,8-9,12-13,15-18,22-23H,7,10-11,14,19-21H2,1-5H3,(H-,43,44,45,46,47)/p+1. The van der Waals surface area contributed by atoms with E-state index in [9.17, 15) is 36.1 Å². The van der Waals surface area contributed by atoms with Gasteiger partial charge in [0.1, 0.15) is 7.05 Å². The maximum Gasteiger partial charge on any atom is 0.333 e. The van der Waals surface area contributed by atoms with Crippen LogP contribution in [0.3, 0.4) is 0 Å². The lowest BCUT2D eigenvalue weighted by molar-refractivity contribution is -0.401. The third-order valence-electron chi connectivity index (χ3n) is 9.56. The van der Waals surface area contributed by atoms with Crippen molar-refractivity contribution in [3.63, 3.8) is 0 Å². The van der Waals surface area contributed by atoms with Gasteiger partial charge in [0.15, 0.2) is 16.8 Å². The molecule has 2 aromatic carbocycles. The van der Waals surface area contributed by atoms with Crippen LogP contribution in [0, 0.1) is 0 Å². The lowest BCUT2D eigenvalue weighted by Gasteiger charge is -2.27. The molecule has 14 heteroatoms. The maximum atomic E-state index is 12.2. The molecule has 3 aliphatic rings. The number of carbonyl (C=O) groups excluding carboxylic acids is 3. The summed E-state index contributed by atoms with van der Waals surface area (Å²) in [5, 5.41) is 0.561. The molecular formula is C36H42N3O9S2+.